The maximum absolute atomic E-state index is 10.5. The van der Waals surface area contributed by atoms with Crippen LogP contribution in [0, 0.1) is 0 Å². The van der Waals surface area contributed by atoms with E-state index in [0.717, 1.165) is 10.0 Å². The Kier molecular flexibility index (Phi) is 4.51. The maximum atomic E-state index is 10.5. The lowest BCUT2D eigenvalue weighted by atomic mass is 10.3. The van der Waals surface area contributed by atoms with Gasteiger partial charge in [-0.25, -0.2) is 15.0 Å². The fourth-order valence-corrected chi connectivity index (χ4v) is 3.09. The predicted molar refractivity (Wildman–Crippen MR) is 70.1 cm³/mol. The van der Waals surface area contributed by atoms with Crippen molar-refractivity contribution in [2.24, 2.45) is 0 Å². The Balaban J connectivity index is 1.94. The van der Waals surface area contributed by atoms with E-state index in [9.17, 15) is 4.79 Å². The number of rotatable bonds is 5. The van der Waals surface area contributed by atoms with Gasteiger partial charge in [-0.3, -0.25) is 4.79 Å². The molecule has 5 nitrogen and oxygen atoms in total. The fourth-order valence-electron chi connectivity index (χ4n) is 1.18. The minimum absolute atomic E-state index is 0.0452. The molecule has 0 radical (unpaired) electrons. The highest BCUT2D eigenvalue weighted by Crippen LogP contribution is 2.25. The first-order valence-corrected chi connectivity index (χ1v) is 7.14. The molecule has 0 atom stereocenters. The number of thioether (sulfide) groups is 1. The smallest absolute Gasteiger partial charge is 0.309 e. The molecule has 0 aromatic carbocycles. The number of carboxylic acid groups (broad SMARTS) is 1. The third kappa shape index (κ3) is 3.94. The van der Waals surface area contributed by atoms with E-state index in [1.165, 1.54) is 23.1 Å². The summed E-state index contributed by atoms with van der Waals surface area (Å²) in [6, 6.07) is 1.78. The number of nitrogens with zero attached hydrogens (tertiary/aromatic N) is 3. The zero-order valence-electron chi connectivity index (χ0n) is 9.04. The highest BCUT2D eigenvalue weighted by molar-refractivity contribution is 8.00. The van der Waals surface area contributed by atoms with Gasteiger partial charge < -0.3 is 5.11 Å². The number of carboxylic acids is 1. The Morgan fingerprint density at radius 2 is 2.28 bits per heavy atom. The lowest BCUT2D eigenvalue weighted by Crippen LogP contribution is -1.99. The second kappa shape index (κ2) is 6.12. The molecule has 2 aromatic rings. The van der Waals surface area contributed by atoms with Crippen LogP contribution >= 0.6 is 34.7 Å². The second-order valence-corrected chi connectivity index (χ2v) is 5.70. The summed E-state index contributed by atoms with van der Waals surface area (Å²) in [6.07, 6.45) is 1.55. The molecule has 0 aliphatic rings. The van der Waals surface area contributed by atoms with Crippen LogP contribution in [-0.2, 0) is 17.0 Å². The molecule has 0 aliphatic heterocycles. The molecule has 0 spiro atoms. The van der Waals surface area contributed by atoms with E-state index >= 15 is 0 Å². The first-order chi connectivity index (χ1) is 8.63. The number of aromatic nitrogens is 3. The third-order valence-electron chi connectivity index (χ3n) is 1.89. The van der Waals surface area contributed by atoms with E-state index in [4.69, 9.17) is 16.7 Å². The molecule has 2 heterocycles. The van der Waals surface area contributed by atoms with Crippen LogP contribution in [0.4, 0.5) is 0 Å². The van der Waals surface area contributed by atoms with Gasteiger partial charge in [0, 0.05) is 17.3 Å². The van der Waals surface area contributed by atoms with Crippen LogP contribution in [0.2, 0.25) is 5.28 Å². The van der Waals surface area contributed by atoms with Gasteiger partial charge in [0.25, 0.3) is 0 Å². The molecule has 0 amide bonds. The van der Waals surface area contributed by atoms with E-state index in [-0.39, 0.29) is 11.7 Å². The zero-order valence-corrected chi connectivity index (χ0v) is 11.4. The number of hydrogen-bond donors (Lipinski definition) is 1. The highest BCUT2D eigenvalue weighted by Gasteiger charge is 2.07. The van der Waals surface area contributed by atoms with Crippen molar-refractivity contribution in [2.75, 3.05) is 0 Å². The largest absolute Gasteiger partial charge is 0.481 e. The monoisotopic (exact) mass is 301 g/mol. The second-order valence-electron chi connectivity index (χ2n) is 3.28. The van der Waals surface area contributed by atoms with E-state index in [1.54, 1.807) is 17.6 Å². The van der Waals surface area contributed by atoms with E-state index < -0.39 is 5.97 Å². The van der Waals surface area contributed by atoms with Crippen LogP contribution in [0.3, 0.4) is 0 Å². The van der Waals surface area contributed by atoms with Gasteiger partial charge in [-0.2, -0.15) is 0 Å². The van der Waals surface area contributed by atoms with Gasteiger partial charge in [0.15, 0.2) is 4.34 Å². The summed E-state index contributed by atoms with van der Waals surface area (Å²) < 4.78 is 0.820. The molecule has 0 fully saturated rings. The van der Waals surface area contributed by atoms with Crippen molar-refractivity contribution in [3.63, 3.8) is 0 Å². The standard InChI is InChI=1S/C10H8ClN3O2S2/c11-9-12-2-1-6(13-9)4-17-10-14-7(5-18-10)3-8(15)16/h1-2,5H,3-4H2,(H,15,16). The van der Waals surface area contributed by atoms with Crippen LogP contribution in [0.25, 0.3) is 0 Å². The average molecular weight is 302 g/mol. The van der Waals surface area contributed by atoms with Crippen molar-refractivity contribution in [3.8, 4) is 0 Å². The Labute approximate surface area is 116 Å². The summed E-state index contributed by atoms with van der Waals surface area (Å²) in [5.74, 6) is -0.248. The molecule has 2 rings (SSSR count). The van der Waals surface area contributed by atoms with Crippen molar-refractivity contribution in [2.45, 2.75) is 16.5 Å². The van der Waals surface area contributed by atoms with E-state index in [2.05, 4.69) is 15.0 Å². The minimum atomic E-state index is -0.876. The molecule has 18 heavy (non-hydrogen) atoms. The summed E-state index contributed by atoms with van der Waals surface area (Å²) in [5.41, 5.74) is 1.39. The van der Waals surface area contributed by atoms with Crippen LogP contribution < -0.4 is 0 Å². The molecule has 94 valence electrons. The summed E-state index contributed by atoms with van der Waals surface area (Å²) in [6.45, 7) is 0. The zero-order chi connectivity index (χ0) is 13.0. The maximum Gasteiger partial charge on any atom is 0.309 e. The quantitative estimate of drug-likeness (QED) is 0.675. The molecule has 8 heteroatoms. The van der Waals surface area contributed by atoms with Gasteiger partial charge in [0.1, 0.15) is 0 Å². The van der Waals surface area contributed by atoms with Crippen molar-refractivity contribution < 1.29 is 9.90 Å². The Morgan fingerprint density at radius 1 is 1.44 bits per heavy atom. The number of aliphatic carboxylic acids is 1. The number of hydrogen-bond acceptors (Lipinski definition) is 6. The van der Waals surface area contributed by atoms with E-state index in [0.29, 0.717) is 11.4 Å². The molecular weight excluding hydrogens is 294 g/mol. The Bertz CT molecular complexity index is 562. The Hall–Kier alpha value is -1.18. The number of carbonyl (C=O) groups is 1. The predicted octanol–water partition coefficient (Wildman–Crippen LogP) is 2.51. The molecule has 1 N–H and O–H groups in total. The number of halogens is 1. The van der Waals surface area contributed by atoms with Crippen molar-refractivity contribution >= 4 is 40.7 Å². The van der Waals surface area contributed by atoms with Gasteiger partial charge in [0.05, 0.1) is 17.8 Å². The molecule has 0 bridgehead atoms. The molecule has 2 aromatic heterocycles. The van der Waals surface area contributed by atoms with E-state index in [1.807, 2.05) is 0 Å². The minimum Gasteiger partial charge on any atom is -0.481 e. The summed E-state index contributed by atoms with van der Waals surface area (Å²) in [7, 11) is 0. The third-order valence-corrected chi connectivity index (χ3v) is 4.18. The first kappa shape index (κ1) is 13.3. The van der Waals surface area contributed by atoms with Gasteiger partial charge in [0.2, 0.25) is 5.28 Å². The van der Waals surface area contributed by atoms with Crippen molar-refractivity contribution in [1.29, 1.82) is 0 Å². The molecule has 0 aliphatic carbocycles. The van der Waals surface area contributed by atoms with Crippen molar-refractivity contribution in [3.05, 3.63) is 34.3 Å². The first-order valence-electron chi connectivity index (χ1n) is 4.90. The molecular formula is C10H8ClN3O2S2. The molecule has 0 unspecified atom stereocenters. The normalized spacial score (nSPS) is 10.5. The molecule has 0 saturated heterocycles. The lowest BCUT2D eigenvalue weighted by molar-refractivity contribution is -0.136. The van der Waals surface area contributed by atoms with Crippen molar-refractivity contribution in [1.82, 2.24) is 15.0 Å². The van der Waals surface area contributed by atoms with Crippen LogP contribution in [0.1, 0.15) is 11.4 Å². The SMILES string of the molecule is O=C(O)Cc1csc(SCc2ccnc(Cl)n2)n1. The Morgan fingerprint density at radius 3 is 3.00 bits per heavy atom. The summed E-state index contributed by atoms with van der Waals surface area (Å²) in [4.78, 5) is 22.6. The summed E-state index contributed by atoms with van der Waals surface area (Å²) in [5, 5.41) is 10.6. The van der Waals surface area contributed by atoms with Crippen LogP contribution in [-0.4, -0.2) is 26.0 Å². The lowest BCUT2D eigenvalue weighted by Gasteiger charge is -1.97. The van der Waals surface area contributed by atoms with Crippen LogP contribution in [0.5, 0.6) is 0 Å². The van der Waals surface area contributed by atoms with Gasteiger partial charge in [-0.1, -0.05) is 11.8 Å². The highest BCUT2D eigenvalue weighted by atomic mass is 35.5. The topological polar surface area (TPSA) is 76.0 Å². The average Bonchev–Trinajstić information content (AvgIpc) is 2.73. The van der Waals surface area contributed by atoms with Crippen LogP contribution in [0.15, 0.2) is 22.0 Å². The van der Waals surface area contributed by atoms with Gasteiger partial charge in [-0.05, 0) is 17.7 Å². The summed E-state index contributed by atoms with van der Waals surface area (Å²) >= 11 is 8.60. The van der Waals surface area contributed by atoms with Gasteiger partial charge >= 0.3 is 5.97 Å². The fraction of sp³-hybridized carbons (Fsp3) is 0.200. The number of thiazole rings is 1. The molecule has 0 saturated carbocycles. The van der Waals surface area contributed by atoms with Gasteiger partial charge in [-0.15, -0.1) is 11.3 Å².